The number of ketones is 1. The van der Waals surface area contributed by atoms with Crippen molar-refractivity contribution in [1.29, 1.82) is 0 Å². The smallest absolute Gasteiger partial charge is 0.355 e. The van der Waals surface area contributed by atoms with E-state index in [-0.39, 0.29) is 39.8 Å². The second-order valence-corrected chi connectivity index (χ2v) is 10.6. The molecule has 1 aromatic heterocycles. The normalized spacial score (nSPS) is 21.0. The SMILES string of the molecule is C=C(C)CC[C@H](O)CC=C[C@H]1CCC(=O)[C@@H]1CCS(=O)(=O)c1nc(C(=O)O)cs1. The number of aromatic nitrogens is 1. The molecule has 29 heavy (non-hydrogen) atoms. The molecule has 1 saturated carbocycles. The van der Waals surface area contributed by atoms with E-state index in [1.165, 1.54) is 5.38 Å². The molecule has 0 aromatic carbocycles. The van der Waals surface area contributed by atoms with Crippen LogP contribution in [0.25, 0.3) is 0 Å². The van der Waals surface area contributed by atoms with Gasteiger partial charge >= 0.3 is 5.97 Å². The number of carbonyl (C=O) groups excluding carboxylic acids is 1. The van der Waals surface area contributed by atoms with Crippen molar-refractivity contribution in [3.05, 3.63) is 35.4 Å². The molecule has 7 nitrogen and oxygen atoms in total. The van der Waals surface area contributed by atoms with E-state index in [0.717, 1.165) is 23.3 Å². The van der Waals surface area contributed by atoms with E-state index in [9.17, 15) is 23.1 Å². The molecule has 9 heteroatoms. The Morgan fingerprint density at radius 2 is 2.21 bits per heavy atom. The van der Waals surface area contributed by atoms with Gasteiger partial charge in [-0.15, -0.1) is 17.9 Å². The van der Waals surface area contributed by atoms with E-state index in [1.54, 1.807) is 0 Å². The van der Waals surface area contributed by atoms with E-state index in [1.807, 2.05) is 19.1 Å². The number of aliphatic hydroxyl groups excluding tert-OH is 1. The van der Waals surface area contributed by atoms with Crippen LogP contribution < -0.4 is 0 Å². The highest BCUT2D eigenvalue weighted by atomic mass is 32.2. The van der Waals surface area contributed by atoms with Crippen LogP contribution in [-0.2, 0) is 14.6 Å². The third-order valence-electron chi connectivity index (χ3n) is 5.02. The Morgan fingerprint density at radius 1 is 1.48 bits per heavy atom. The van der Waals surface area contributed by atoms with E-state index >= 15 is 0 Å². The highest BCUT2D eigenvalue weighted by Gasteiger charge is 2.34. The van der Waals surface area contributed by atoms with Crippen molar-refractivity contribution in [1.82, 2.24) is 4.98 Å². The average Bonchev–Trinajstić information content (AvgIpc) is 3.26. The van der Waals surface area contributed by atoms with Crippen molar-refractivity contribution in [3.8, 4) is 0 Å². The van der Waals surface area contributed by atoms with Crippen LogP contribution in [-0.4, -0.2) is 47.2 Å². The first-order chi connectivity index (χ1) is 13.6. The summed E-state index contributed by atoms with van der Waals surface area (Å²) in [6.07, 6.45) is 6.46. The van der Waals surface area contributed by atoms with Gasteiger partial charge in [-0.05, 0) is 44.9 Å². The number of hydrogen-bond acceptors (Lipinski definition) is 7. The minimum Gasteiger partial charge on any atom is -0.476 e. The number of nitrogens with zero attached hydrogens (tertiary/aromatic N) is 1. The van der Waals surface area contributed by atoms with E-state index in [4.69, 9.17) is 5.11 Å². The lowest BCUT2D eigenvalue weighted by atomic mass is 9.92. The van der Waals surface area contributed by atoms with Crippen LogP contribution in [0.15, 0.2) is 34.0 Å². The van der Waals surface area contributed by atoms with Crippen LogP contribution in [0, 0.1) is 11.8 Å². The molecule has 0 radical (unpaired) electrons. The lowest BCUT2D eigenvalue weighted by Crippen LogP contribution is -2.19. The molecule has 3 atom stereocenters. The zero-order valence-electron chi connectivity index (χ0n) is 16.4. The number of rotatable bonds is 11. The van der Waals surface area contributed by atoms with Gasteiger partial charge in [-0.1, -0.05) is 17.7 Å². The lowest BCUT2D eigenvalue weighted by molar-refractivity contribution is -0.121. The molecule has 1 aliphatic carbocycles. The van der Waals surface area contributed by atoms with Gasteiger partial charge in [-0.3, -0.25) is 4.79 Å². The maximum absolute atomic E-state index is 12.5. The zero-order valence-corrected chi connectivity index (χ0v) is 18.0. The number of sulfone groups is 1. The summed E-state index contributed by atoms with van der Waals surface area (Å²) in [4.78, 5) is 26.8. The second kappa shape index (κ2) is 10.3. The Balaban J connectivity index is 1.93. The number of carboxylic acids is 1. The molecule has 1 aliphatic rings. The quantitative estimate of drug-likeness (QED) is 0.505. The van der Waals surface area contributed by atoms with Gasteiger partial charge < -0.3 is 10.2 Å². The van der Waals surface area contributed by atoms with Gasteiger partial charge in [0, 0.05) is 17.7 Å². The van der Waals surface area contributed by atoms with Crippen molar-refractivity contribution in [2.75, 3.05) is 5.75 Å². The molecule has 0 aliphatic heterocycles. The molecule has 1 fully saturated rings. The third-order valence-corrected chi connectivity index (χ3v) is 8.10. The molecule has 0 saturated heterocycles. The molecule has 1 aromatic rings. The van der Waals surface area contributed by atoms with Crippen LogP contribution >= 0.6 is 11.3 Å². The molecular weight excluding hydrogens is 414 g/mol. The van der Waals surface area contributed by atoms with Gasteiger partial charge in [-0.25, -0.2) is 18.2 Å². The fourth-order valence-electron chi connectivity index (χ4n) is 3.35. The number of carboxylic acid groups (broad SMARTS) is 1. The molecule has 1 heterocycles. The van der Waals surface area contributed by atoms with Crippen molar-refractivity contribution in [2.45, 2.75) is 55.9 Å². The first-order valence-corrected chi connectivity index (χ1v) is 12.1. The summed E-state index contributed by atoms with van der Waals surface area (Å²) in [5.74, 6) is -1.90. The van der Waals surface area contributed by atoms with Crippen molar-refractivity contribution < 1.29 is 28.2 Å². The Kier molecular flexibility index (Phi) is 8.30. The maximum Gasteiger partial charge on any atom is 0.355 e. The molecule has 160 valence electrons. The zero-order chi connectivity index (χ0) is 21.6. The first kappa shape index (κ1) is 23.4. The van der Waals surface area contributed by atoms with Gasteiger partial charge in [-0.2, -0.15) is 0 Å². The monoisotopic (exact) mass is 441 g/mol. The summed E-state index contributed by atoms with van der Waals surface area (Å²) in [5, 5.41) is 20.1. The Morgan fingerprint density at radius 3 is 2.83 bits per heavy atom. The van der Waals surface area contributed by atoms with Gasteiger partial charge in [0.2, 0.25) is 14.2 Å². The number of thiazole rings is 1. The number of Topliss-reactive ketones (excluding diaryl/α,β-unsaturated/α-hetero) is 1. The maximum atomic E-state index is 12.5. The fourth-order valence-corrected chi connectivity index (χ4v) is 5.82. The summed E-state index contributed by atoms with van der Waals surface area (Å²) < 4.78 is 24.7. The van der Waals surface area contributed by atoms with Crippen LogP contribution in [0.3, 0.4) is 0 Å². The lowest BCUT2D eigenvalue weighted by Gasteiger charge is -2.15. The largest absolute Gasteiger partial charge is 0.476 e. The Labute approximate surface area is 175 Å². The average molecular weight is 442 g/mol. The predicted octanol–water partition coefficient (Wildman–Crippen LogP) is 3.26. The standard InChI is InChI=1S/C20H27NO6S2/c1-13(2)6-8-15(22)5-3-4-14-7-9-18(23)16(14)10-11-29(26,27)20-21-17(12-28-20)19(24)25/h3-4,12,14-16,22H,1,5-11H2,2H3,(H,24,25)/t14-,15+,16+/m0/s1. The van der Waals surface area contributed by atoms with Crippen molar-refractivity contribution >= 4 is 32.9 Å². The number of carbonyl (C=O) groups is 2. The van der Waals surface area contributed by atoms with Crippen molar-refractivity contribution in [3.63, 3.8) is 0 Å². The van der Waals surface area contributed by atoms with Gasteiger partial charge in [0.05, 0.1) is 11.9 Å². The summed E-state index contributed by atoms with van der Waals surface area (Å²) in [6.45, 7) is 5.73. The van der Waals surface area contributed by atoms with Gasteiger partial charge in [0.15, 0.2) is 5.69 Å². The van der Waals surface area contributed by atoms with E-state index in [0.29, 0.717) is 25.7 Å². The number of aromatic carboxylic acids is 1. The van der Waals surface area contributed by atoms with Gasteiger partial charge in [0.1, 0.15) is 5.78 Å². The summed E-state index contributed by atoms with van der Waals surface area (Å²) in [5.41, 5.74) is 0.725. The predicted molar refractivity (Wildman–Crippen MR) is 111 cm³/mol. The Hall–Kier alpha value is -1.84. The summed E-state index contributed by atoms with van der Waals surface area (Å²) in [6, 6.07) is 0. The van der Waals surface area contributed by atoms with Crippen LogP contribution in [0.4, 0.5) is 0 Å². The Bertz CT molecular complexity index is 887. The minimum absolute atomic E-state index is 0.0445. The fraction of sp³-hybridized carbons (Fsp3) is 0.550. The topological polar surface area (TPSA) is 122 Å². The number of hydrogen-bond donors (Lipinski definition) is 2. The van der Waals surface area contributed by atoms with Gasteiger partial charge in [0.25, 0.3) is 0 Å². The van der Waals surface area contributed by atoms with Crippen LogP contribution in [0.5, 0.6) is 0 Å². The van der Waals surface area contributed by atoms with E-state index < -0.39 is 21.9 Å². The highest BCUT2D eigenvalue weighted by molar-refractivity contribution is 7.93. The van der Waals surface area contributed by atoms with Crippen molar-refractivity contribution in [2.24, 2.45) is 11.8 Å². The first-order valence-electron chi connectivity index (χ1n) is 9.53. The molecule has 2 rings (SSSR count). The molecule has 0 bridgehead atoms. The van der Waals surface area contributed by atoms with E-state index in [2.05, 4.69) is 11.6 Å². The number of allylic oxidation sites excluding steroid dienone is 2. The molecule has 0 unspecified atom stereocenters. The summed E-state index contributed by atoms with van der Waals surface area (Å²) >= 11 is 0.780. The number of aliphatic hydroxyl groups is 1. The molecule has 2 N–H and O–H groups in total. The second-order valence-electron chi connectivity index (χ2n) is 7.50. The highest BCUT2D eigenvalue weighted by Crippen LogP contribution is 2.33. The molecule has 0 amide bonds. The van der Waals surface area contributed by atoms with Crippen LogP contribution in [0.2, 0.25) is 0 Å². The molecular formula is C20H27NO6S2. The third kappa shape index (κ3) is 6.87. The summed E-state index contributed by atoms with van der Waals surface area (Å²) in [7, 11) is -3.74. The molecule has 0 spiro atoms. The van der Waals surface area contributed by atoms with Crippen LogP contribution in [0.1, 0.15) is 55.9 Å². The minimum atomic E-state index is -3.74.